The zero-order valence-electron chi connectivity index (χ0n) is 11.4. The van der Waals surface area contributed by atoms with Crippen molar-refractivity contribution in [3.63, 3.8) is 0 Å². The van der Waals surface area contributed by atoms with E-state index in [1.165, 1.54) is 26.4 Å². The van der Waals surface area contributed by atoms with Crippen LogP contribution in [0.15, 0.2) is 16.6 Å². The molecular weight excluding hydrogens is 357 g/mol. The van der Waals surface area contributed by atoms with Gasteiger partial charge in [-0.15, -0.1) is 0 Å². The van der Waals surface area contributed by atoms with E-state index in [2.05, 4.69) is 15.9 Å². The molecule has 1 aliphatic heterocycles. The van der Waals surface area contributed by atoms with Gasteiger partial charge >= 0.3 is 6.18 Å². The van der Waals surface area contributed by atoms with Crippen molar-refractivity contribution < 1.29 is 32.1 Å². The molecule has 0 radical (unpaired) electrons. The zero-order chi connectivity index (χ0) is 15.6. The van der Waals surface area contributed by atoms with Crippen LogP contribution >= 0.6 is 15.9 Å². The van der Waals surface area contributed by atoms with Gasteiger partial charge in [0.15, 0.2) is 6.10 Å². The highest BCUT2D eigenvalue weighted by atomic mass is 79.9. The predicted octanol–water partition coefficient (Wildman–Crippen LogP) is 3.49. The molecule has 1 aliphatic rings. The van der Waals surface area contributed by atoms with E-state index in [0.717, 1.165) is 0 Å². The van der Waals surface area contributed by atoms with E-state index >= 15 is 0 Å². The van der Waals surface area contributed by atoms with Gasteiger partial charge in [-0.25, -0.2) is 0 Å². The predicted molar refractivity (Wildman–Crippen MR) is 71.7 cm³/mol. The van der Waals surface area contributed by atoms with Crippen molar-refractivity contribution in [1.82, 2.24) is 0 Å². The second-order valence-electron chi connectivity index (χ2n) is 4.45. The van der Waals surface area contributed by atoms with Crippen LogP contribution < -0.4 is 9.47 Å². The van der Waals surface area contributed by atoms with E-state index in [0.29, 0.717) is 11.1 Å². The molecule has 0 N–H and O–H groups in total. The highest BCUT2D eigenvalue weighted by molar-refractivity contribution is 9.10. The number of epoxide rings is 1. The minimum atomic E-state index is -4.54. The fraction of sp³-hybridized carbons (Fsp3) is 0.538. The molecule has 0 spiro atoms. The third-order valence-corrected chi connectivity index (χ3v) is 3.70. The van der Waals surface area contributed by atoms with E-state index in [4.69, 9.17) is 18.9 Å². The summed E-state index contributed by atoms with van der Waals surface area (Å²) in [4.78, 5) is 0. The first kappa shape index (κ1) is 16.4. The number of halogens is 4. The molecule has 2 rings (SSSR count). The Morgan fingerprint density at radius 1 is 1.29 bits per heavy atom. The summed E-state index contributed by atoms with van der Waals surface area (Å²) in [5, 5.41) is 0. The minimum absolute atomic E-state index is 0.0833. The fourth-order valence-corrected chi connectivity index (χ4v) is 2.34. The molecule has 21 heavy (non-hydrogen) atoms. The third kappa shape index (κ3) is 4.02. The molecule has 1 fully saturated rings. The zero-order valence-corrected chi connectivity index (χ0v) is 13.0. The average Bonchev–Trinajstić information content (AvgIpc) is 3.23. The number of rotatable bonds is 6. The SMILES string of the molecule is COc1cc(C(OCC2CO2)C(F)(F)F)cc(OC)c1Br. The largest absolute Gasteiger partial charge is 0.495 e. The Kier molecular flexibility index (Phi) is 5.00. The normalized spacial score (nSPS) is 19.2. The molecule has 1 saturated heterocycles. The van der Waals surface area contributed by atoms with Gasteiger partial charge in [-0.1, -0.05) is 0 Å². The van der Waals surface area contributed by atoms with E-state index in [1.54, 1.807) is 0 Å². The number of hydrogen-bond acceptors (Lipinski definition) is 4. The highest BCUT2D eigenvalue weighted by Gasteiger charge is 2.43. The second-order valence-corrected chi connectivity index (χ2v) is 5.24. The van der Waals surface area contributed by atoms with E-state index in [1.807, 2.05) is 0 Å². The van der Waals surface area contributed by atoms with Crippen molar-refractivity contribution >= 4 is 15.9 Å². The molecule has 0 bridgehead atoms. The topological polar surface area (TPSA) is 40.2 Å². The summed E-state index contributed by atoms with van der Waals surface area (Å²) < 4.78 is 60.0. The van der Waals surface area contributed by atoms with Gasteiger partial charge in [-0.3, -0.25) is 0 Å². The maximum Gasteiger partial charge on any atom is 0.418 e. The van der Waals surface area contributed by atoms with Gasteiger partial charge in [0.2, 0.25) is 0 Å². The number of benzene rings is 1. The van der Waals surface area contributed by atoms with Crippen molar-refractivity contribution in [2.45, 2.75) is 18.4 Å². The Labute approximate surface area is 128 Å². The molecule has 118 valence electrons. The summed E-state index contributed by atoms with van der Waals surface area (Å²) in [5.74, 6) is 0.481. The standard InChI is InChI=1S/C13H14BrF3O4/c1-18-9-3-7(4-10(19-2)11(9)14)12(13(15,16)17)21-6-8-5-20-8/h3-4,8,12H,5-6H2,1-2H3. The first-order valence-electron chi connectivity index (χ1n) is 6.08. The number of methoxy groups -OCH3 is 2. The molecular formula is C13H14BrF3O4. The number of alkyl halides is 3. The van der Waals surface area contributed by atoms with Gasteiger partial charge in [0, 0.05) is 0 Å². The molecule has 1 heterocycles. The van der Waals surface area contributed by atoms with E-state index in [9.17, 15) is 13.2 Å². The van der Waals surface area contributed by atoms with Gasteiger partial charge in [0.25, 0.3) is 0 Å². The molecule has 0 aromatic heterocycles. The molecule has 4 nitrogen and oxygen atoms in total. The molecule has 1 aromatic rings. The summed E-state index contributed by atoms with van der Waals surface area (Å²) in [7, 11) is 2.73. The Bertz CT molecular complexity index is 478. The Hall–Kier alpha value is -0.990. The average molecular weight is 371 g/mol. The lowest BCUT2D eigenvalue weighted by Gasteiger charge is -2.22. The van der Waals surface area contributed by atoms with Crippen LogP contribution in [0.5, 0.6) is 11.5 Å². The summed E-state index contributed by atoms with van der Waals surface area (Å²) in [6, 6.07) is 2.55. The Morgan fingerprint density at radius 3 is 2.19 bits per heavy atom. The fourth-order valence-electron chi connectivity index (χ4n) is 1.79. The Morgan fingerprint density at radius 2 is 1.81 bits per heavy atom. The van der Waals surface area contributed by atoms with Crippen LogP contribution in [0.2, 0.25) is 0 Å². The van der Waals surface area contributed by atoms with Gasteiger partial charge in [-0.2, -0.15) is 13.2 Å². The lowest BCUT2D eigenvalue weighted by Crippen LogP contribution is -2.25. The first-order valence-corrected chi connectivity index (χ1v) is 6.87. The lowest BCUT2D eigenvalue weighted by molar-refractivity contribution is -0.224. The second kappa shape index (κ2) is 6.41. The molecule has 2 atom stereocenters. The monoisotopic (exact) mass is 370 g/mol. The van der Waals surface area contributed by atoms with Crippen molar-refractivity contribution in [3.05, 3.63) is 22.2 Å². The molecule has 1 aromatic carbocycles. The van der Waals surface area contributed by atoms with Gasteiger partial charge < -0.3 is 18.9 Å². The maximum absolute atomic E-state index is 13.2. The quantitative estimate of drug-likeness (QED) is 0.718. The van der Waals surface area contributed by atoms with Crippen LogP contribution in [0.25, 0.3) is 0 Å². The first-order chi connectivity index (χ1) is 9.86. The third-order valence-electron chi connectivity index (χ3n) is 2.92. The molecule has 0 saturated carbocycles. The van der Waals surface area contributed by atoms with Crippen LogP contribution in [0.3, 0.4) is 0 Å². The van der Waals surface area contributed by atoms with Crippen LogP contribution in [0.1, 0.15) is 11.7 Å². The van der Waals surface area contributed by atoms with E-state index in [-0.39, 0.29) is 29.8 Å². The van der Waals surface area contributed by atoms with Crippen LogP contribution in [-0.4, -0.2) is 39.7 Å². The Balaban J connectivity index is 2.33. The van der Waals surface area contributed by atoms with Gasteiger partial charge in [0.05, 0.1) is 27.4 Å². The lowest BCUT2D eigenvalue weighted by atomic mass is 10.1. The summed E-state index contributed by atoms with van der Waals surface area (Å²) in [6.07, 6.45) is -6.86. The van der Waals surface area contributed by atoms with Crippen molar-refractivity contribution in [3.8, 4) is 11.5 Å². The van der Waals surface area contributed by atoms with Crippen LogP contribution in [0.4, 0.5) is 13.2 Å². The van der Waals surface area contributed by atoms with Gasteiger partial charge in [-0.05, 0) is 33.6 Å². The number of hydrogen-bond donors (Lipinski definition) is 0. The van der Waals surface area contributed by atoms with Crippen LogP contribution in [0, 0.1) is 0 Å². The number of ether oxygens (including phenoxy) is 4. The molecule has 2 unspecified atom stereocenters. The smallest absolute Gasteiger partial charge is 0.418 e. The minimum Gasteiger partial charge on any atom is -0.495 e. The van der Waals surface area contributed by atoms with Crippen molar-refractivity contribution in [2.24, 2.45) is 0 Å². The van der Waals surface area contributed by atoms with Crippen molar-refractivity contribution in [1.29, 1.82) is 0 Å². The molecule has 0 amide bonds. The molecule has 8 heteroatoms. The van der Waals surface area contributed by atoms with Gasteiger partial charge in [0.1, 0.15) is 22.1 Å². The van der Waals surface area contributed by atoms with Crippen LogP contribution in [-0.2, 0) is 9.47 Å². The summed E-state index contributed by atoms with van der Waals surface area (Å²) in [6.45, 7) is 0.322. The summed E-state index contributed by atoms with van der Waals surface area (Å²) in [5.41, 5.74) is -0.0833. The van der Waals surface area contributed by atoms with Crippen molar-refractivity contribution in [2.75, 3.05) is 27.4 Å². The molecule has 0 aliphatic carbocycles. The highest BCUT2D eigenvalue weighted by Crippen LogP contribution is 2.43. The maximum atomic E-state index is 13.2. The van der Waals surface area contributed by atoms with E-state index < -0.39 is 12.3 Å². The summed E-state index contributed by atoms with van der Waals surface area (Å²) >= 11 is 3.22.